The van der Waals surface area contributed by atoms with E-state index in [0.717, 1.165) is 33.7 Å². The molecule has 0 atom stereocenters. The van der Waals surface area contributed by atoms with Crippen LogP contribution in [0.1, 0.15) is 5.69 Å². The first kappa shape index (κ1) is 16.7. The zero-order valence-corrected chi connectivity index (χ0v) is 15.5. The van der Waals surface area contributed by atoms with Crippen molar-refractivity contribution >= 4 is 16.4 Å². The molecule has 0 aliphatic rings. The van der Waals surface area contributed by atoms with E-state index in [1.807, 2.05) is 35.0 Å². The molecule has 0 aliphatic carbocycles. The van der Waals surface area contributed by atoms with Crippen LogP contribution in [0.4, 0.5) is 0 Å². The number of benzene rings is 3. The van der Waals surface area contributed by atoms with Gasteiger partial charge < -0.3 is 4.74 Å². The van der Waals surface area contributed by atoms with E-state index < -0.39 is 0 Å². The second kappa shape index (κ2) is 6.91. The summed E-state index contributed by atoms with van der Waals surface area (Å²) in [6, 6.07) is 27.0. The van der Waals surface area contributed by atoms with E-state index in [0.29, 0.717) is 6.61 Å². The van der Waals surface area contributed by atoms with Crippen molar-refractivity contribution in [3.8, 4) is 22.4 Å². The highest BCUT2D eigenvalue weighted by atomic mass is 16.5. The van der Waals surface area contributed by atoms with E-state index in [4.69, 9.17) is 9.84 Å². The van der Waals surface area contributed by atoms with E-state index in [1.165, 1.54) is 10.8 Å². The van der Waals surface area contributed by atoms with Crippen LogP contribution in [0.2, 0.25) is 0 Å². The molecule has 2 heterocycles. The Balaban J connectivity index is 1.83. The summed E-state index contributed by atoms with van der Waals surface area (Å²) in [5.74, 6) is 0. The Morgan fingerprint density at radius 3 is 2.50 bits per heavy atom. The van der Waals surface area contributed by atoms with Crippen molar-refractivity contribution in [2.75, 3.05) is 7.11 Å². The van der Waals surface area contributed by atoms with Gasteiger partial charge in [0, 0.05) is 18.9 Å². The number of rotatable bonds is 4. The van der Waals surface area contributed by atoms with Gasteiger partial charge in [-0.2, -0.15) is 5.10 Å². The third-order valence-corrected chi connectivity index (χ3v) is 5.00. The highest BCUT2D eigenvalue weighted by Gasteiger charge is 2.18. The van der Waals surface area contributed by atoms with Gasteiger partial charge in [0.25, 0.3) is 0 Å². The number of nitrogens with zero attached hydrogens (tertiary/aromatic N) is 3. The molecule has 136 valence electrons. The molecule has 0 radical (unpaired) electrons. The molecule has 2 aromatic heterocycles. The first-order valence-corrected chi connectivity index (χ1v) is 9.26. The summed E-state index contributed by atoms with van der Waals surface area (Å²) < 4.78 is 7.37. The predicted molar refractivity (Wildman–Crippen MR) is 112 cm³/mol. The molecule has 28 heavy (non-hydrogen) atoms. The van der Waals surface area contributed by atoms with Gasteiger partial charge in [0.05, 0.1) is 23.6 Å². The topological polar surface area (TPSA) is 39.4 Å². The number of hydrogen-bond acceptors (Lipinski definition) is 3. The largest absolute Gasteiger partial charge is 0.378 e. The molecule has 0 unspecified atom stereocenters. The molecule has 5 aromatic rings. The van der Waals surface area contributed by atoms with Crippen LogP contribution in [0.3, 0.4) is 0 Å². The van der Waals surface area contributed by atoms with Crippen molar-refractivity contribution in [3.05, 3.63) is 90.8 Å². The quantitative estimate of drug-likeness (QED) is 0.430. The first-order chi connectivity index (χ1) is 13.9. The standard InChI is InChI=1S/C24H19N3O/c1-28-16-21-23(18-9-3-2-4-10-18)24-25-15-14-22(27(24)26-21)20-13-7-11-17-8-5-6-12-19(17)20/h2-15H,16H2,1H3. The molecule has 0 N–H and O–H groups in total. The van der Waals surface area contributed by atoms with Gasteiger partial charge in [-0.15, -0.1) is 0 Å². The van der Waals surface area contributed by atoms with E-state index in [1.54, 1.807) is 7.11 Å². The van der Waals surface area contributed by atoms with Gasteiger partial charge in [-0.25, -0.2) is 9.50 Å². The summed E-state index contributed by atoms with van der Waals surface area (Å²) in [7, 11) is 1.69. The van der Waals surface area contributed by atoms with E-state index >= 15 is 0 Å². The Morgan fingerprint density at radius 2 is 1.64 bits per heavy atom. The van der Waals surface area contributed by atoms with E-state index in [2.05, 4.69) is 59.6 Å². The van der Waals surface area contributed by atoms with Gasteiger partial charge in [-0.3, -0.25) is 0 Å². The van der Waals surface area contributed by atoms with Crippen molar-refractivity contribution in [3.63, 3.8) is 0 Å². The number of methoxy groups -OCH3 is 1. The van der Waals surface area contributed by atoms with Crippen molar-refractivity contribution in [2.24, 2.45) is 0 Å². The van der Waals surface area contributed by atoms with Crippen molar-refractivity contribution in [1.82, 2.24) is 14.6 Å². The van der Waals surface area contributed by atoms with Crippen molar-refractivity contribution < 1.29 is 4.74 Å². The maximum atomic E-state index is 5.43. The lowest BCUT2D eigenvalue weighted by Gasteiger charge is -2.09. The van der Waals surface area contributed by atoms with Crippen molar-refractivity contribution in [1.29, 1.82) is 0 Å². The molecule has 0 spiro atoms. The molecule has 4 nitrogen and oxygen atoms in total. The molecule has 0 fully saturated rings. The minimum absolute atomic E-state index is 0.433. The third-order valence-electron chi connectivity index (χ3n) is 5.00. The SMILES string of the molecule is COCc1nn2c(-c3cccc4ccccc34)ccnc2c1-c1ccccc1. The molecule has 0 aliphatic heterocycles. The fourth-order valence-electron chi connectivity index (χ4n) is 3.78. The van der Waals surface area contributed by atoms with Gasteiger partial charge in [0.15, 0.2) is 5.65 Å². The monoisotopic (exact) mass is 365 g/mol. The third kappa shape index (κ3) is 2.66. The highest BCUT2D eigenvalue weighted by molar-refractivity contribution is 5.96. The van der Waals surface area contributed by atoms with Crippen molar-refractivity contribution in [2.45, 2.75) is 6.61 Å². The zero-order chi connectivity index (χ0) is 18.9. The van der Waals surface area contributed by atoms with Crippen LogP contribution in [0, 0.1) is 0 Å². The number of fused-ring (bicyclic) bond motifs is 2. The lowest BCUT2D eigenvalue weighted by molar-refractivity contribution is 0.181. The molecule has 0 saturated carbocycles. The minimum Gasteiger partial charge on any atom is -0.378 e. The Kier molecular flexibility index (Phi) is 4.11. The summed E-state index contributed by atoms with van der Waals surface area (Å²) in [5.41, 5.74) is 5.98. The van der Waals surface area contributed by atoms with E-state index in [-0.39, 0.29) is 0 Å². The maximum absolute atomic E-state index is 5.43. The molecule has 3 aromatic carbocycles. The Morgan fingerprint density at radius 1 is 0.857 bits per heavy atom. The number of ether oxygens (including phenoxy) is 1. The molecular weight excluding hydrogens is 346 g/mol. The second-order valence-corrected chi connectivity index (χ2v) is 6.71. The van der Waals surface area contributed by atoms with Crippen LogP contribution in [0.25, 0.3) is 38.8 Å². The Labute approximate surface area is 163 Å². The fourth-order valence-corrected chi connectivity index (χ4v) is 3.78. The summed E-state index contributed by atoms with van der Waals surface area (Å²) in [5, 5.41) is 7.29. The maximum Gasteiger partial charge on any atom is 0.163 e. The minimum atomic E-state index is 0.433. The number of aromatic nitrogens is 3. The summed E-state index contributed by atoms with van der Waals surface area (Å²) in [6.45, 7) is 0.433. The van der Waals surface area contributed by atoms with E-state index in [9.17, 15) is 0 Å². The Hall–Kier alpha value is -3.50. The average molecular weight is 365 g/mol. The molecule has 0 saturated heterocycles. The summed E-state index contributed by atoms with van der Waals surface area (Å²) in [4.78, 5) is 4.67. The lowest BCUT2D eigenvalue weighted by Crippen LogP contribution is -1.97. The van der Waals surface area contributed by atoms with Gasteiger partial charge in [0.2, 0.25) is 0 Å². The summed E-state index contributed by atoms with van der Waals surface area (Å²) >= 11 is 0. The average Bonchev–Trinajstić information content (AvgIpc) is 3.12. The molecule has 4 heteroatoms. The highest BCUT2D eigenvalue weighted by Crippen LogP contribution is 2.33. The molecule has 5 rings (SSSR count). The smallest absolute Gasteiger partial charge is 0.163 e. The van der Waals surface area contributed by atoms with Crippen LogP contribution in [-0.2, 0) is 11.3 Å². The molecular formula is C24H19N3O. The first-order valence-electron chi connectivity index (χ1n) is 9.26. The van der Waals surface area contributed by atoms with Gasteiger partial charge >= 0.3 is 0 Å². The van der Waals surface area contributed by atoms with Crippen LogP contribution >= 0.6 is 0 Å². The van der Waals surface area contributed by atoms with Crippen LogP contribution < -0.4 is 0 Å². The lowest BCUT2D eigenvalue weighted by atomic mass is 10.0. The van der Waals surface area contributed by atoms with Gasteiger partial charge in [0.1, 0.15) is 0 Å². The second-order valence-electron chi connectivity index (χ2n) is 6.71. The van der Waals surface area contributed by atoms with Gasteiger partial charge in [-0.1, -0.05) is 72.8 Å². The van der Waals surface area contributed by atoms with Crippen LogP contribution in [-0.4, -0.2) is 21.7 Å². The van der Waals surface area contributed by atoms with Gasteiger partial charge in [-0.05, 0) is 22.4 Å². The molecule has 0 amide bonds. The summed E-state index contributed by atoms with van der Waals surface area (Å²) in [6.07, 6.45) is 1.86. The zero-order valence-electron chi connectivity index (χ0n) is 15.5. The fraction of sp³-hybridized carbons (Fsp3) is 0.0833. The predicted octanol–water partition coefficient (Wildman–Crippen LogP) is 5.36. The Bertz CT molecular complexity index is 1270. The molecule has 0 bridgehead atoms. The number of hydrogen-bond donors (Lipinski definition) is 0. The van der Waals surface area contributed by atoms with Crippen LogP contribution in [0.15, 0.2) is 85.1 Å². The van der Waals surface area contributed by atoms with Crippen LogP contribution in [0.5, 0.6) is 0 Å². The normalized spacial score (nSPS) is 11.3.